The van der Waals surface area contributed by atoms with Crippen molar-refractivity contribution in [2.45, 2.75) is 52.6 Å². The minimum absolute atomic E-state index is 0.220. The van der Waals surface area contributed by atoms with E-state index in [1.807, 2.05) is 7.05 Å². The van der Waals surface area contributed by atoms with Crippen molar-refractivity contribution >= 4 is 10.0 Å². The van der Waals surface area contributed by atoms with Crippen LogP contribution in [0.1, 0.15) is 40.5 Å². The molecule has 0 saturated heterocycles. The molecule has 0 unspecified atom stereocenters. The van der Waals surface area contributed by atoms with Crippen molar-refractivity contribution in [3.8, 4) is 0 Å². The molecule has 0 heterocycles. The molecule has 0 aromatic heterocycles. The molecule has 6 heteroatoms. The molecule has 0 aliphatic rings. The van der Waals surface area contributed by atoms with Crippen LogP contribution >= 0.6 is 0 Å². The molecule has 0 saturated carbocycles. The molecule has 5 nitrogen and oxygen atoms in total. The van der Waals surface area contributed by atoms with E-state index in [1.54, 1.807) is 0 Å². The van der Waals surface area contributed by atoms with Gasteiger partial charge in [0.2, 0.25) is 10.0 Å². The molecule has 0 amide bonds. The lowest BCUT2D eigenvalue weighted by atomic mass is 10.3. The predicted molar refractivity (Wildman–Crippen MR) is 81.9 cm³/mol. The molecule has 0 spiro atoms. The van der Waals surface area contributed by atoms with E-state index in [0.29, 0.717) is 25.0 Å². The number of hydrogen-bond acceptors (Lipinski definition) is 4. The third-order valence-electron chi connectivity index (χ3n) is 3.06. The fourth-order valence-electron chi connectivity index (χ4n) is 1.52. The number of sulfonamides is 1. The van der Waals surface area contributed by atoms with Gasteiger partial charge in [0, 0.05) is 25.2 Å². The third-order valence-corrected chi connectivity index (χ3v) is 4.53. The largest absolute Gasteiger partial charge is 0.315 e. The maximum absolute atomic E-state index is 11.7. The molecule has 0 fully saturated rings. The Kier molecular flexibility index (Phi) is 9.60. The smallest absolute Gasteiger partial charge is 0.211 e. The first-order valence-corrected chi connectivity index (χ1v) is 8.81. The molecule has 0 atom stereocenters. The Bertz CT molecular complexity index is 316. The number of nitrogens with one attached hydrogen (secondary N) is 2. The molecule has 19 heavy (non-hydrogen) atoms. The van der Waals surface area contributed by atoms with E-state index in [1.165, 1.54) is 0 Å². The minimum atomic E-state index is -3.11. The van der Waals surface area contributed by atoms with E-state index in [0.717, 1.165) is 19.5 Å². The molecule has 2 N–H and O–H groups in total. The summed E-state index contributed by atoms with van der Waals surface area (Å²) in [5.74, 6) is 0.220. The first-order valence-electron chi connectivity index (χ1n) is 7.15. The zero-order valence-corrected chi connectivity index (χ0v) is 13.9. The third kappa shape index (κ3) is 11.4. The standard InChI is InChI=1S/C13H31N3O2S/c1-12(2)14-8-6-7-11-19(17,18)15-9-10-16(5)13(3)4/h12-15H,6-11H2,1-5H3. The molecule has 0 aliphatic heterocycles. The second kappa shape index (κ2) is 9.69. The summed E-state index contributed by atoms with van der Waals surface area (Å²) < 4.78 is 26.1. The highest BCUT2D eigenvalue weighted by Crippen LogP contribution is 1.96. The summed E-state index contributed by atoms with van der Waals surface area (Å²) in [5.41, 5.74) is 0. The van der Waals surface area contributed by atoms with E-state index in [-0.39, 0.29) is 5.75 Å². The van der Waals surface area contributed by atoms with Crippen LogP contribution in [0.25, 0.3) is 0 Å². The van der Waals surface area contributed by atoms with Crippen molar-refractivity contribution in [1.82, 2.24) is 14.9 Å². The molecule has 0 rings (SSSR count). The number of likely N-dealkylation sites (N-methyl/N-ethyl adjacent to an activating group) is 1. The van der Waals surface area contributed by atoms with Crippen LogP contribution in [0.4, 0.5) is 0 Å². The van der Waals surface area contributed by atoms with Crippen molar-refractivity contribution in [2.24, 2.45) is 0 Å². The Morgan fingerprint density at radius 3 is 2.21 bits per heavy atom. The van der Waals surface area contributed by atoms with E-state index in [2.05, 4.69) is 42.6 Å². The predicted octanol–water partition coefficient (Wildman–Crippen LogP) is 1.02. The highest BCUT2D eigenvalue weighted by molar-refractivity contribution is 7.89. The monoisotopic (exact) mass is 293 g/mol. The Morgan fingerprint density at radius 1 is 1.05 bits per heavy atom. The normalized spacial score (nSPS) is 12.8. The Balaban J connectivity index is 3.69. The first-order chi connectivity index (χ1) is 8.74. The van der Waals surface area contributed by atoms with E-state index >= 15 is 0 Å². The quantitative estimate of drug-likeness (QED) is 0.559. The Labute approximate surface area is 119 Å². The lowest BCUT2D eigenvalue weighted by Crippen LogP contribution is -2.37. The number of hydrogen-bond donors (Lipinski definition) is 2. The van der Waals surface area contributed by atoms with Crippen LogP contribution in [0.5, 0.6) is 0 Å². The van der Waals surface area contributed by atoms with Crippen LogP contribution in [0.15, 0.2) is 0 Å². The van der Waals surface area contributed by atoms with Gasteiger partial charge in [0.15, 0.2) is 0 Å². The van der Waals surface area contributed by atoms with E-state index in [9.17, 15) is 8.42 Å². The maximum Gasteiger partial charge on any atom is 0.211 e. The Morgan fingerprint density at radius 2 is 1.68 bits per heavy atom. The summed E-state index contributed by atoms with van der Waals surface area (Å²) in [6.45, 7) is 10.5. The zero-order valence-electron chi connectivity index (χ0n) is 13.1. The van der Waals surface area contributed by atoms with Gasteiger partial charge >= 0.3 is 0 Å². The fourth-order valence-corrected chi connectivity index (χ4v) is 2.65. The zero-order chi connectivity index (χ0) is 14.9. The van der Waals surface area contributed by atoms with Crippen LogP contribution < -0.4 is 10.0 Å². The SMILES string of the molecule is CC(C)NCCCCS(=O)(=O)NCCN(C)C(C)C. The van der Waals surface area contributed by atoms with Gasteiger partial charge in [-0.25, -0.2) is 13.1 Å². The van der Waals surface area contributed by atoms with Crippen LogP contribution in [0, 0.1) is 0 Å². The van der Waals surface area contributed by atoms with Crippen molar-refractivity contribution < 1.29 is 8.42 Å². The van der Waals surface area contributed by atoms with Gasteiger partial charge in [0.05, 0.1) is 5.75 Å². The molecule has 116 valence electrons. The average Bonchev–Trinajstić information content (AvgIpc) is 2.27. The summed E-state index contributed by atoms with van der Waals surface area (Å²) in [6.07, 6.45) is 1.60. The van der Waals surface area contributed by atoms with Gasteiger partial charge in [-0.2, -0.15) is 0 Å². The Hall–Kier alpha value is -0.170. The highest BCUT2D eigenvalue weighted by Gasteiger charge is 2.10. The molecular weight excluding hydrogens is 262 g/mol. The second-order valence-electron chi connectivity index (χ2n) is 5.60. The maximum atomic E-state index is 11.7. The van der Waals surface area contributed by atoms with Gasteiger partial charge in [-0.3, -0.25) is 0 Å². The second-order valence-corrected chi connectivity index (χ2v) is 7.53. The van der Waals surface area contributed by atoms with E-state index < -0.39 is 10.0 Å². The molecule has 0 radical (unpaired) electrons. The van der Waals surface area contributed by atoms with E-state index in [4.69, 9.17) is 0 Å². The van der Waals surface area contributed by atoms with Gasteiger partial charge in [-0.15, -0.1) is 0 Å². The summed E-state index contributed by atoms with van der Waals surface area (Å²) in [5, 5.41) is 3.28. The number of nitrogens with zero attached hydrogens (tertiary/aromatic N) is 1. The van der Waals surface area contributed by atoms with Gasteiger partial charge in [-0.05, 0) is 40.3 Å². The van der Waals surface area contributed by atoms with Gasteiger partial charge in [0.1, 0.15) is 0 Å². The van der Waals surface area contributed by atoms with Crippen LogP contribution in [-0.4, -0.2) is 57.8 Å². The minimum Gasteiger partial charge on any atom is -0.315 e. The summed E-state index contributed by atoms with van der Waals surface area (Å²) in [7, 11) is -1.11. The highest BCUT2D eigenvalue weighted by atomic mass is 32.2. The molecule has 0 bridgehead atoms. The van der Waals surface area contributed by atoms with Crippen molar-refractivity contribution in [3.63, 3.8) is 0 Å². The molecule has 0 aromatic rings. The van der Waals surface area contributed by atoms with Crippen molar-refractivity contribution in [1.29, 1.82) is 0 Å². The first kappa shape index (κ1) is 18.8. The summed E-state index contributed by atoms with van der Waals surface area (Å²) in [6, 6.07) is 0.896. The van der Waals surface area contributed by atoms with Crippen molar-refractivity contribution in [3.05, 3.63) is 0 Å². The average molecular weight is 293 g/mol. The lowest BCUT2D eigenvalue weighted by molar-refractivity contribution is 0.278. The van der Waals surface area contributed by atoms with Gasteiger partial charge < -0.3 is 10.2 Å². The van der Waals surface area contributed by atoms with Gasteiger partial charge in [-0.1, -0.05) is 13.8 Å². The van der Waals surface area contributed by atoms with Crippen molar-refractivity contribution in [2.75, 3.05) is 32.4 Å². The molecule has 0 aromatic carbocycles. The van der Waals surface area contributed by atoms with Gasteiger partial charge in [0.25, 0.3) is 0 Å². The number of unbranched alkanes of at least 4 members (excludes halogenated alkanes) is 1. The fraction of sp³-hybridized carbons (Fsp3) is 1.00. The number of rotatable bonds is 11. The van der Waals surface area contributed by atoms with Crippen LogP contribution in [0.3, 0.4) is 0 Å². The topological polar surface area (TPSA) is 61.4 Å². The molecular formula is C13H31N3O2S. The van der Waals surface area contributed by atoms with Crippen LogP contribution in [-0.2, 0) is 10.0 Å². The summed E-state index contributed by atoms with van der Waals surface area (Å²) >= 11 is 0. The summed E-state index contributed by atoms with van der Waals surface area (Å²) in [4.78, 5) is 2.12. The van der Waals surface area contributed by atoms with Crippen LogP contribution in [0.2, 0.25) is 0 Å². The molecule has 0 aliphatic carbocycles. The lowest BCUT2D eigenvalue weighted by Gasteiger charge is -2.20.